The Morgan fingerprint density at radius 1 is 1.27 bits per heavy atom. The van der Waals surface area contributed by atoms with Gasteiger partial charge >= 0.3 is 0 Å². The van der Waals surface area contributed by atoms with E-state index in [0.29, 0.717) is 30.7 Å². The first-order valence-electron chi connectivity index (χ1n) is 9.00. The zero-order valence-corrected chi connectivity index (χ0v) is 16.5. The summed E-state index contributed by atoms with van der Waals surface area (Å²) in [5.41, 5.74) is 1.26. The summed E-state index contributed by atoms with van der Waals surface area (Å²) in [6.07, 6.45) is 3.58. The molecule has 1 fully saturated rings. The summed E-state index contributed by atoms with van der Waals surface area (Å²) < 4.78 is 0. The SMILES string of the molecule is Cc1ccsc1CCC(=O)NCc1nc(N(C)C)nc(N2CCCC2)n1. The Hall–Kier alpha value is -2.22. The van der Waals surface area contributed by atoms with Crippen molar-refractivity contribution in [3.8, 4) is 0 Å². The normalized spacial score (nSPS) is 13.9. The highest BCUT2D eigenvalue weighted by atomic mass is 32.1. The van der Waals surface area contributed by atoms with E-state index in [1.807, 2.05) is 19.0 Å². The van der Waals surface area contributed by atoms with Gasteiger partial charge in [0.05, 0.1) is 6.54 Å². The maximum atomic E-state index is 12.2. The topological polar surface area (TPSA) is 74.2 Å². The van der Waals surface area contributed by atoms with Crippen LogP contribution in [0.25, 0.3) is 0 Å². The Bertz CT molecular complexity index is 754. The van der Waals surface area contributed by atoms with Crippen molar-refractivity contribution in [2.24, 2.45) is 0 Å². The van der Waals surface area contributed by atoms with Gasteiger partial charge in [-0.05, 0) is 43.2 Å². The van der Waals surface area contributed by atoms with E-state index in [9.17, 15) is 4.79 Å². The van der Waals surface area contributed by atoms with E-state index in [1.54, 1.807) is 11.3 Å². The Labute approximate surface area is 158 Å². The second-order valence-corrected chi connectivity index (χ2v) is 7.74. The van der Waals surface area contributed by atoms with E-state index in [1.165, 1.54) is 10.4 Å². The van der Waals surface area contributed by atoms with Gasteiger partial charge in [-0.2, -0.15) is 15.0 Å². The predicted octanol–water partition coefficient (Wildman–Crippen LogP) is 2.16. The van der Waals surface area contributed by atoms with Crippen LogP contribution in [0.2, 0.25) is 0 Å². The summed E-state index contributed by atoms with van der Waals surface area (Å²) in [4.78, 5) is 31.1. The molecule has 2 aromatic rings. The van der Waals surface area contributed by atoms with Gasteiger partial charge in [0.25, 0.3) is 0 Å². The summed E-state index contributed by atoms with van der Waals surface area (Å²) >= 11 is 1.70. The lowest BCUT2D eigenvalue weighted by Gasteiger charge is -2.18. The van der Waals surface area contributed by atoms with E-state index in [0.717, 1.165) is 32.4 Å². The molecule has 0 spiro atoms. The van der Waals surface area contributed by atoms with Crippen molar-refractivity contribution in [2.45, 2.75) is 39.2 Å². The number of rotatable bonds is 7. The lowest BCUT2D eigenvalue weighted by Crippen LogP contribution is -2.27. The van der Waals surface area contributed by atoms with Crippen LogP contribution >= 0.6 is 11.3 Å². The van der Waals surface area contributed by atoms with Crippen LogP contribution in [0.5, 0.6) is 0 Å². The van der Waals surface area contributed by atoms with Crippen LogP contribution in [0.15, 0.2) is 11.4 Å². The average molecular weight is 375 g/mol. The molecule has 140 valence electrons. The Balaban J connectivity index is 1.61. The maximum Gasteiger partial charge on any atom is 0.230 e. The molecule has 3 rings (SSSR count). The van der Waals surface area contributed by atoms with Crippen molar-refractivity contribution in [2.75, 3.05) is 37.0 Å². The van der Waals surface area contributed by atoms with Crippen molar-refractivity contribution in [1.82, 2.24) is 20.3 Å². The molecular formula is C18H26N6OS. The Morgan fingerprint density at radius 2 is 2.04 bits per heavy atom. The average Bonchev–Trinajstić information content (AvgIpc) is 3.29. The molecule has 0 bridgehead atoms. The number of carbonyl (C=O) groups is 1. The van der Waals surface area contributed by atoms with Crippen LogP contribution in [0.1, 0.15) is 35.5 Å². The largest absolute Gasteiger partial charge is 0.349 e. The van der Waals surface area contributed by atoms with Gasteiger partial charge in [0, 0.05) is 38.5 Å². The molecule has 2 aromatic heterocycles. The highest BCUT2D eigenvalue weighted by molar-refractivity contribution is 7.10. The second-order valence-electron chi connectivity index (χ2n) is 6.74. The molecule has 1 saturated heterocycles. The summed E-state index contributed by atoms with van der Waals surface area (Å²) in [7, 11) is 3.82. The number of carbonyl (C=O) groups excluding carboxylic acids is 1. The molecule has 0 atom stereocenters. The molecule has 0 unspecified atom stereocenters. The molecular weight excluding hydrogens is 348 g/mol. The molecule has 0 saturated carbocycles. The summed E-state index contributed by atoms with van der Waals surface area (Å²) in [6.45, 7) is 4.36. The number of hydrogen-bond donors (Lipinski definition) is 1. The number of nitrogens with zero attached hydrogens (tertiary/aromatic N) is 5. The standard InChI is InChI=1S/C18H26N6OS/c1-13-8-11-26-14(13)6-7-16(25)19-12-15-20-17(23(2)3)22-18(21-15)24-9-4-5-10-24/h8,11H,4-7,9-10,12H2,1-3H3,(H,19,25). The zero-order chi connectivity index (χ0) is 18.5. The third kappa shape index (κ3) is 4.69. The molecule has 1 aliphatic rings. The van der Waals surface area contributed by atoms with Crippen LogP contribution in [0, 0.1) is 6.92 Å². The first-order valence-corrected chi connectivity index (χ1v) is 9.88. The summed E-state index contributed by atoms with van der Waals surface area (Å²) in [5, 5.41) is 5.01. The van der Waals surface area contributed by atoms with Crippen molar-refractivity contribution < 1.29 is 4.79 Å². The molecule has 3 heterocycles. The number of thiophene rings is 1. The highest BCUT2D eigenvalue weighted by Crippen LogP contribution is 2.19. The third-order valence-corrected chi connectivity index (χ3v) is 5.52. The number of aryl methyl sites for hydroxylation is 2. The number of amides is 1. The van der Waals surface area contributed by atoms with Gasteiger partial charge in [0.1, 0.15) is 0 Å². The minimum absolute atomic E-state index is 0.0207. The quantitative estimate of drug-likeness (QED) is 0.800. The molecule has 1 N–H and O–H groups in total. The zero-order valence-electron chi connectivity index (χ0n) is 15.7. The van der Waals surface area contributed by atoms with Crippen LogP contribution < -0.4 is 15.1 Å². The minimum atomic E-state index is 0.0207. The fourth-order valence-electron chi connectivity index (χ4n) is 2.89. The molecule has 0 aliphatic carbocycles. The highest BCUT2D eigenvalue weighted by Gasteiger charge is 2.18. The van der Waals surface area contributed by atoms with Crippen molar-refractivity contribution in [1.29, 1.82) is 0 Å². The van der Waals surface area contributed by atoms with Crippen LogP contribution in [-0.2, 0) is 17.8 Å². The van der Waals surface area contributed by atoms with Crippen LogP contribution in [0.3, 0.4) is 0 Å². The van der Waals surface area contributed by atoms with Crippen molar-refractivity contribution in [3.05, 3.63) is 27.7 Å². The lowest BCUT2D eigenvalue weighted by atomic mass is 10.2. The van der Waals surface area contributed by atoms with Gasteiger partial charge in [-0.1, -0.05) is 0 Å². The fraction of sp³-hybridized carbons (Fsp3) is 0.556. The predicted molar refractivity (Wildman–Crippen MR) is 105 cm³/mol. The first kappa shape index (κ1) is 18.6. The van der Waals surface area contributed by atoms with Gasteiger partial charge in [-0.25, -0.2) is 0 Å². The van der Waals surface area contributed by atoms with Crippen molar-refractivity contribution in [3.63, 3.8) is 0 Å². The molecule has 7 nitrogen and oxygen atoms in total. The Morgan fingerprint density at radius 3 is 2.69 bits per heavy atom. The van der Waals surface area contributed by atoms with Gasteiger partial charge in [0.2, 0.25) is 17.8 Å². The molecule has 1 aliphatic heterocycles. The molecule has 8 heteroatoms. The lowest BCUT2D eigenvalue weighted by molar-refractivity contribution is -0.121. The summed E-state index contributed by atoms with van der Waals surface area (Å²) in [5.74, 6) is 1.96. The molecule has 26 heavy (non-hydrogen) atoms. The Kier molecular flexibility index (Phi) is 6.03. The van der Waals surface area contributed by atoms with Crippen LogP contribution in [0.4, 0.5) is 11.9 Å². The minimum Gasteiger partial charge on any atom is -0.349 e. The number of anilines is 2. The first-order chi connectivity index (χ1) is 12.5. The number of hydrogen-bond acceptors (Lipinski definition) is 7. The van der Waals surface area contributed by atoms with Gasteiger partial charge in [0.15, 0.2) is 5.82 Å². The van der Waals surface area contributed by atoms with Crippen molar-refractivity contribution >= 4 is 29.1 Å². The molecule has 0 radical (unpaired) electrons. The monoisotopic (exact) mass is 374 g/mol. The molecule has 0 aromatic carbocycles. The maximum absolute atomic E-state index is 12.2. The third-order valence-electron chi connectivity index (χ3n) is 4.44. The van der Waals surface area contributed by atoms with E-state index in [2.05, 4.69) is 43.5 Å². The smallest absolute Gasteiger partial charge is 0.230 e. The van der Waals surface area contributed by atoms with E-state index in [4.69, 9.17) is 0 Å². The van der Waals surface area contributed by atoms with Crippen LogP contribution in [-0.4, -0.2) is 48.0 Å². The fourth-order valence-corrected chi connectivity index (χ4v) is 3.80. The van der Waals surface area contributed by atoms with E-state index in [-0.39, 0.29) is 5.91 Å². The van der Waals surface area contributed by atoms with Gasteiger partial charge in [-0.15, -0.1) is 11.3 Å². The van der Waals surface area contributed by atoms with E-state index >= 15 is 0 Å². The summed E-state index contributed by atoms with van der Waals surface area (Å²) in [6, 6.07) is 2.09. The van der Waals surface area contributed by atoms with Gasteiger partial charge in [-0.3, -0.25) is 4.79 Å². The van der Waals surface area contributed by atoms with E-state index < -0.39 is 0 Å². The second kappa shape index (κ2) is 8.44. The molecule has 1 amide bonds. The number of aromatic nitrogens is 3. The number of nitrogens with one attached hydrogen (secondary N) is 1. The van der Waals surface area contributed by atoms with Gasteiger partial charge < -0.3 is 15.1 Å².